The van der Waals surface area contributed by atoms with Crippen molar-refractivity contribution in [2.45, 2.75) is 23.4 Å². The van der Waals surface area contributed by atoms with Crippen molar-refractivity contribution in [1.29, 1.82) is 5.26 Å². The molecule has 0 fully saturated rings. The SMILES string of the molecule is N#Cc1ccccc1C1(C(F)(C(F)(F)F)C(F)(F)F)C=C(Cl)[CH]C(Cl)=C1. The average molecular weight is 417 g/mol. The maximum Gasteiger partial charge on any atom is 0.433 e. The van der Waals surface area contributed by atoms with Crippen LogP contribution in [0.2, 0.25) is 0 Å². The highest BCUT2D eigenvalue weighted by molar-refractivity contribution is 6.36. The Kier molecular flexibility index (Phi) is 5.12. The fourth-order valence-electron chi connectivity index (χ4n) is 2.80. The summed E-state index contributed by atoms with van der Waals surface area (Å²) in [7, 11) is 0. The molecule has 2 rings (SSSR count). The standard InChI is InChI=1S/C16H7Cl2F7N/c17-10-5-11(18)7-13(6-10,12-4-2-1-3-9(12)8-26)14(19,15(20,21)22)16(23,24)25/h1-7H. The van der Waals surface area contributed by atoms with E-state index >= 15 is 4.39 Å². The lowest BCUT2D eigenvalue weighted by atomic mass is 9.64. The van der Waals surface area contributed by atoms with Crippen molar-refractivity contribution in [3.63, 3.8) is 0 Å². The van der Waals surface area contributed by atoms with Crippen molar-refractivity contribution in [3.8, 4) is 6.07 Å². The maximum atomic E-state index is 15.1. The molecule has 0 amide bonds. The topological polar surface area (TPSA) is 23.8 Å². The molecule has 0 atom stereocenters. The zero-order valence-electron chi connectivity index (χ0n) is 12.4. The van der Waals surface area contributed by atoms with Crippen LogP contribution in [0.25, 0.3) is 0 Å². The molecule has 0 saturated heterocycles. The van der Waals surface area contributed by atoms with Crippen molar-refractivity contribution < 1.29 is 30.7 Å². The molecule has 1 aromatic rings. The molecule has 0 saturated carbocycles. The minimum absolute atomic E-state index is 0.261. The predicted octanol–water partition coefficient (Wildman–Crippen LogP) is 6.09. The van der Waals surface area contributed by atoms with Gasteiger partial charge in [-0.25, -0.2) is 4.39 Å². The Morgan fingerprint density at radius 1 is 0.846 bits per heavy atom. The maximum absolute atomic E-state index is 15.1. The van der Waals surface area contributed by atoms with Crippen LogP contribution < -0.4 is 0 Å². The molecule has 1 aliphatic carbocycles. The van der Waals surface area contributed by atoms with E-state index in [-0.39, 0.29) is 12.2 Å². The number of allylic oxidation sites excluding steroid dienone is 4. The third kappa shape index (κ3) is 2.97. The molecule has 1 nitrogen and oxygen atoms in total. The molecule has 0 spiro atoms. The quantitative estimate of drug-likeness (QED) is 0.535. The van der Waals surface area contributed by atoms with Gasteiger partial charge in [-0.1, -0.05) is 53.6 Å². The minimum atomic E-state index is -6.40. The lowest BCUT2D eigenvalue weighted by molar-refractivity contribution is -0.354. The van der Waals surface area contributed by atoms with Gasteiger partial charge in [-0.05, 0) is 11.6 Å². The Bertz CT molecular complexity index is 783. The summed E-state index contributed by atoms with van der Waals surface area (Å²) in [6.07, 6.45) is -11.4. The zero-order chi connectivity index (χ0) is 20.0. The van der Waals surface area contributed by atoms with Crippen LogP contribution >= 0.6 is 23.2 Å². The van der Waals surface area contributed by atoms with Crippen LogP contribution in [0, 0.1) is 17.8 Å². The highest BCUT2D eigenvalue weighted by atomic mass is 35.5. The Morgan fingerprint density at radius 3 is 1.73 bits per heavy atom. The van der Waals surface area contributed by atoms with Gasteiger partial charge in [-0.15, -0.1) is 0 Å². The number of benzene rings is 1. The van der Waals surface area contributed by atoms with E-state index in [2.05, 4.69) is 0 Å². The molecule has 0 heterocycles. The number of hydrogen-bond acceptors (Lipinski definition) is 1. The van der Waals surface area contributed by atoms with Crippen molar-refractivity contribution in [3.05, 3.63) is 64.0 Å². The molecule has 0 unspecified atom stereocenters. The number of alkyl halides is 7. The van der Waals surface area contributed by atoms with Crippen LogP contribution in [0.4, 0.5) is 30.7 Å². The van der Waals surface area contributed by atoms with E-state index in [4.69, 9.17) is 28.5 Å². The first-order valence-electron chi connectivity index (χ1n) is 6.73. The summed E-state index contributed by atoms with van der Waals surface area (Å²) in [6, 6.07) is 5.51. The van der Waals surface area contributed by atoms with E-state index in [1.165, 1.54) is 12.1 Å². The van der Waals surface area contributed by atoms with Gasteiger partial charge in [-0.2, -0.15) is 31.6 Å². The summed E-state index contributed by atoms with van der Waals surface area (Å²) in [4.78, 5) is 0. The van der Waals surface area contributed by atoms with Crippen molar-refractivity contribution >= 4 is 23.2 Å². The molecule has 0 aliphatic heterocycles. The molecule has 0 N–H and O–H groups in total. The van der Waals surface area contributed by atoms with Gasteiger partial charge in [0.25, 0.3) is 0 Å². The van der Waals surface area contributed by atoms with Crippen LogP contribution in [0.1, 0.15) is 11.1 Å². The molecule has 0 aromatic heterocycles. The van der Waals surface area contributed by atoms with Crippen LogP contribution in [-0.4, -0.2) is 18.0 Å². The van der Waals surface area contributed by atoms with Crippen molar-refractivity contribution in [1.82, 2.24) is 0 Å². The summed E-state index contributed by atoms with van der Waals surface area (Å²) in [5, 5.41) is 7.84. The molecular weight excluding hydrogens is 410 g/mol. The fourth-order valence-corrected chi connectivity index (χ4v) is 3.44. The van der Waals surface area contributed by atoms with E-state index in [0.717, 1.165) is 24.6 Å². The normalized spacial score (nSPS) is 18.0. The van der Waals surface area contributed by atoms with E-state index in [0.29, 0.717) is 0 Å². The highest BCUT2D eigenvalue weighted by Crippen LogP contribution is 2.60. The van der Waals surface area contributed by atoms with Gasteiger partial charge in [0.15, 0.2) is 0 Å². The van der Waals surface area contributed by atoms with Gasteiger partial charge >= 0.3 is 18.0 Å². The number of halogens is 9. The first kappa shape index (κ1) is 20.6. The number of nitriles is 1. The van der Waals surface area contributed by atoms with E-state index in [9.17, 15) is 26.3 Å². The first-order chi connectivity index (χ1) is 11.8. The number of rotatable bonds is 2. The van der Waals surface area contributed by atoms with Gasteiger partial charge in [0.05, 0.1) is 17.0 Å². The molecular formula is C16H7Cl2F7N. The summed E-state index contributed by atoms with van der Waals surface area (Å²) in [5.41, 5.74) is -10.8. The monoisotopic (exact) mass is 416 g/mol. The third-order valence-electron chi connectivity index (χ3n) is 3.85. The summed E-state index contributed by atoms with van der Waals surface area (Å²) >= 11 is 11.3. The van der Waals surface area contributed by atoms with Crippen molar-refractivity contribution in [2.75, 3.05) is 0 Å². The van der Waals surface area contributed by atoms with Crippen LogP contribution in [0.3, 0.4) is 0 Å². The molecule has 26 heavy (non-hydrogen) atoms. The Morgan fingerprint density at radius 2 is 1.31 bits per heavy atom. The lowest BCUT2D eigenvalue weighted by Gasteiger charge is -2.45. The lowest BCUT2D eigenvalue weighted by Crippen LogP contribution is -2.65. The molecule has 1 aliphatic rings. The van der Waals surface area contributed by atoms with Crippen molar-refractivity contribution in [2.24, 2.45) is 0 Å². The van der Waals surface area contributed by atoms with Gasteiger partial charge in [-0.3, -0.25) is 0 Å². The van der Waals surface area contributed by atoms with E-state index in [1.54, 1.807) is 0 Å². The van der Waals surface area contributed by atoms with E-state index in [1.807, 2.05) is 0 Å². The number of nitrogens with zero attached hydrogens (tertiary/aromatic N) is 1. The van der Waals surface area contributed by atoms with Gasteiger partial charge in [0, 0.05) is 16.5 Å². The molecule has 1 radical (unpaired) electrons. The van der Waals surface area contributed by atoms with Crippen LogP contribution in [0.15, 0.2) is 46.5 Å². The smallest absolute Gasteiger partial charge is 0.222 e. The summed E-state index contributed by atoms with van der Waals surface area (Å²) < 4.78 is 95.9. The minimum Gasteiger partial charge on any atom is -0.222 e. The van der Waals surface area contributed by atoms with Crippen LogP contribution in [-0.2, 0) is 5.41 Å². The van der Waals surface area contributed by atoms with Gasteiger partial charge in [0.2, 0.25) is 0 Å². The second kappa shape index (κ2) is 6.46. The third-order valence-corrected chi connectivity index (χ3v) is 4.29. The highest BCUT2D eigenvalue weighted by Gasteiger charge is 2.81. The summed E-state index contributed by atoms with van der Waals surface area (Å²) in [6.45, 7) is 0. The van der Waals surface area contributed by atoms with Gasteiger partial charge in [0.1, 0.15) is 0 Å². The molecule has 1 aromatic carbocycles. The first-order valence-corrected chi connectivity index (χ1v) is 7.49. The summed E-state index contributed by atoms with van der Waals surface area (Å²) in [5.74, 6) is 0. The Labute approximate surface area is 153 Å². The Balaban J connectivity index is 3.05. The zero-order valence-corrected chi connectivity index (χ0v) is 13.9. The van der Waals surface area contributed by atoms with Crippen LogP contribution in [0.5, 0.6) is 0 Å². The number of hydrogen-bond donors (Lipinski definition) is 0. The molecule has 0 bridgehead atoms. The molecule has 139 valence electrons. The van der Waals surface area contributed by atoms with E-state index < -0.39 is 44.6 Å². The Hall–Kier alpha value is -1.72. The second-order valence-electron chi connectivity index (χ2n) is 5.38. The second-order valence-corrected chi connectivity index (χ2v) is 6.26. The fraction of sp³-hybridized carbons (Fsp3) is 0.250. The molecule has 10 heteroatoms. The largest absolute Gasteiger partial charge is 0.433 e. The van der Waals surface area contributed by atoms with Gasteiger partial charge < -0.3 is 0 Å². The average Bonchev–Trinajstić information content (AvgIpc) is 2.50. The predicted molar refractivity (Wildman–Crippen MR) is 81.0 cm³/mol.